The maximum atomic E-state index is 10.1. The zero-order chi connectivity index (χ0) is 15.2. The fraction of sp³-hybridized carbons (Fsp3) is 0.500. The molecule has 1 aromatic heterocycles. The summed E-state index contributed by atoms with van der Waals surface area (Å²) in [5, 5.41) is 13.9. The number of aliphatic hydroxyl groups excluding tert-OH is 1. The van der Waals surface area contributed by atoms with Crippen LogP contribution in [0.2, 0.25) is 0 Å². The molecule has 0 fully saturated rings. The van der Waals surface area contributed by atoms with E-state index in [2.05, 4.69) is 22.3 Å². The molecule has 2 atom stereocenters. The lowest BCUT2D eigenvalue weighted by Gasteiger charge is -2.18. The second kappa shape index (κ2) is 7.33. The lowest BCUT2D eigenvalue weighted by Crippen LogP contribution is -2.34. The molecule has 0 aliphatic heterocycles. The van der Waals surface area contributed by atoms with E-state index in [0.29, 0.717) is 12.3 Å². The molecule has 2 aromatic rings. The van der Waals surface area contributed by atoms with E-state index in [1.54, 1.807) is 0 Å². The third kappa shape index (κ3) is 4.37. The van der Waals surface area contributed by atoms with Crippen LogP contribution >= 0.6 is 0 Å². The first-order valence-electron chi connectivity index (χ1n) is 7.38. The van der Waals surface area contributed by atoms with Gasteiger partial charge in [0.25, 0.3) is 0 Å². The van der Waals surface area contributed by atoms with Gasteiger partial charge in [-0.15, -0.1) is 0 Å². The molecule has 0 saturated carbocycles. The molecule has 0 bridgehead atoms. The molecule has 0 aliphatic carbocycles. The van der Waals surface area contributed by atoms with Crippen molar-refractivity contribution in [2.24, 2.45) is 11.7 Å². The lowest BCUT2D eigenvalue weighted by molar-refractivity contribution is 0.114. The normalized spacial score (nSPS) is 14.3. The first-order chi connectivity index (χ1) is 10.1. The van der Waals surface area contributed by atoms with Crippen LogP contribution in [0.3, 0.4) is 0 Å². The Morgan fingerprint density at radius 1 is 1.19 bits per heavy atom. The van der Waals surface area contributed by atoms with Crippen molar-refractivity contribution in [2.75, 3.05) is 0 Å². The maximum Gasteiger partial charge on any atom is 0.226 e. The Bertz CT molecular complexity index is 539. The van der Waals surface area contributed by atoms with Gasteiger partial charge in [0.15, 0.2) is 0 Å². The lowest BCUT2D eigenvalue weighted by atomic mass is 9.99. The first-order valence-corrected chi connectivity index (χ1v) is 7.38. The van der Waals surface area contributed by atoms with Gasteiger partial charge >= 0.3 is 0 Å². The highest BCUT2D eigenvalue weighted by Gasteiger charge is 2.24. The third-order valence-electron chi connectivity index (χ3n) is 3.58. The molecule has 114 valence electrons. The van der Waals surface area contributed by atoms with Gasteiger partial charge in [-0.25, -0.2) is 0 Å². The van der Waals surface area contributed by atoms with Crippen LogP contribution < -0.4 is 5.73 Å². The molecule has 0 amide bonds. The van der Waals surface area contributed by atoms with Gasteiger partial charge in [-0.3, -0.25) is 0 Å². The second-order valence-electron chi connectivity index (χ2n) is 5.65. The van der Waals surface area contributed by atoms with Gasteiger partial charge in [-0.2, -0.15) is 4.98 Å². The van der Waals surface area contributed by atoms with Crippen LogP contribution in [0, 0.1) is 5.92 Å². The predicted octanol–water partition coefficient (Wildman–Crippen LogP) is 2.26. The van der Waals surface area contributed by atoms with E-state index in [4.69, 9.17) is 10.3 Å². The third-order valence-corrected chi connectivity index (χ3v) is 3.58. The molecule has 1 heterocycles. The van der Waals surface area contributed by atoms with E-state index in [0.717, 1.165) is 12.8 Å². The molecule has 5 nitrogen and oxygen atoms in total. The van der Waals surface area contributed by atoms with Crippen LogP contribution in [0.25, 0.3) is 0 Å². The van der Waals surface area contributed by atoms with Gasteiger partial charge in [0, 0.05) is 12.5 Å². The molecule has 1 unspecified atom stereocenters. The van der Waals surface area contributed by atoms with E-state index in [1.807, 2.05) is 32.0 Å². The fourth-order valence-electron chi connectivity index (χ4n) is 2.11. The van der Waals surface area contributed by atoms with E-state index in [9.17, 15) is 5.11 Å². The number of hydrogen-bond acceptors (Lipinski definition) is 5. The SMILES string of the molecule is CC(C)[C@H](N)C(O)c1noc(CCCc2ccccc2)n1. The summed E-state index contributed by atoms with van der Waals surface area (Å²) in [5.74, 6) is 0.988. The summed E-state index contributed by atoms with van der Waals surface area (Å²) in [6, 6.07) is 9.88. The summed E-state index contributed by atoms with van der Waals surface area (Å²) in [4.78, 5) is 4.24. The summed E-state index contributed by atoms with van der Waals surface area (Å²) < 4.78 is 5.18. The number of nitrogens with two attached hydrogens (primary N) is 1. The van der Waals surface area contributed by atoms with Crippen LogP contribution in [0.4, 0.5) is 0 Å². The molecular weight excluding hydrogens is 266 g/mol. The van der Waals surface area contributed by atoms with E-state index in [-0.39, 0.29) is 17.8 Å². The monoisotopic (exact) mass is 289 g/mol. The molecule has 5 heteroatoms. The number of aromatic nitrogens is 2. The van der Waals surface area contributed by atoms with Crippen molar-refractivity contribution in [3.63, 3.8) is 0 Å². The second-order valence-corrected chi connectivity index (χ2v) is 5.65. The van der Waals surface area contributed by atoms with Crippen molar-refractivity contribution in [1.29, 1.82) is 0 Å². The molecular formula is C16H23N3O2. The number of aryl methyl sites for hydroxylation is 2. The maximum absolute atomic E-state index is 10.1. The number of aliphatic hydroxyl groups is 1. The van der Waals surface area contributed by atoms with Crippen LogP contribution in [0.5, 0.6) is 0 Å². The zero-order valence-electron chi connectivity index (χ0n) is 12.6. The van der Waals surface area contributed by atoms with Gasteiger partial charge in [0.05, 0.1) is 0 Å². The molecule has 3 N–H and O–H groups in total. The highest BCUT2D eigenvalue weighted by atomic mass is 16.5. The van der Waals surface area contributed by atoms with Gasteiger partial charge in [-0.05, 0) is 24.3 Å². The Morgan fingerprint density at radius 3 is 2.57 bits per heavy atom. The highest BCUT2D eigenvalue weighted by molar-refractivity contribution is 5.14. The van der Waals surface area contributed by atoms with Gasteiger partial charge < -0.3 is 15.4 Å². The van der Waals surface area contributed by atoms with Crippen molar-refractivity contribution in [2.45, 2.75) is 45.3 Å². The van der Waals surface area contributed by atoms with Crippen molar-refractivity contribution in [1.82, 2.24) is 10.1 Å². The summed E-state index contributed by atoms with van der Waals surface area (Å²) in [7, 11) is 0. The standard InChI is InChI=1S/C16H23N3O2/c1-11(2)14(17)15(20)16-18-13(21-19-16)10-6-9-12-7-4-3-5-8-12/h3-5,7-8,11,14-15,20H,6,9-10,17H2,1-2H3/t14-,15?/m0/s1. The minimum atomic E-state index is -0.878. The van der Waals surface area contributed by atoms with Crippen LogP contribution in [0.15, 0.2) is 34.9 Å². The Kier molecular flexibility index (Phi) is 5.47. The molecule has 2 rings (SSSR count). The molecule has 0 saturated heterocycles. The van der Waals surface area contributed by atoms with Gasteiger partial charge in [0.1, 0.15) is 6.10 Å². The van der Waals surface area contributed by atoms with Crippen molar-refractivity contribution in [3.8, 4) is 0 Å². The largest absolute Gasteiger partial charge is 0.383 e. The van der Waals surface area contributed by atoms with E-state index < -0.39 is 6.10 Å². The summed E-state index contributed by atoms with van der Waals surface area (Å²) in [6.45, 7) is 3.91. The summed E-state index contributed by atoms with van der Waals surface area (Å²) in [5.41, 5.74) is 7.20. The Hall–Kier alpha value is -1.72. The Labute approximate surface area is 125 Å². The number of rotatable bonds is 7. The quantitative estimate of drug-likeness (QED) is 0.816. The molecule has 0 aliphatic rings. The molecule has 1 aromatic carbocycles. The topological polar surface area (TPSA) is 85.2 Å². The van der Waals surface area contributed by atoms with Gasteiger partial charge in [0.2, 0.25) is 11.7 Å². The molecule has 0 spiro atoms. The first kappa shape index (κ1) is 15.7. The number of nitrogens with zero attached hydrogens (tertiary/aromatic N) is 2. The number of hydrogen-bond donors (Lipinski definition) is 2. The number of benzene rings is 1. The van der Waals surface area contributed by atoms with Crippen molar-refractivity contribution >= 4 is 0 Å². The average Bonchev–Trinajstić information content (AvgIpc) is 2.95. The van der Waals surface area contributed by atoms with E-state index in [1.165, 1.54) is 5.56 Å². The summed E-state index contributed by atoms with van der Waals surface area (Å²) in [6.07, 6.45) is 1.72. The Morgan fingerprint density at radius 2 is 1.90 bits per heavy atom. The summed E-state index contributed by atoms with van der Waals surface area (Å²) >= 11 is 0. The van der Waals surface area contributed by atoms with Crippen molar-refractivity contribution in [3.05, 3.63) is 47.6 Å². The predicted molar refractivity (Wildman–Crippen MR) is 80.5 cm³/mol. The van der Waals surface area contributed by atoms with Crippen LogP contribution in [-0.4, -0.2) is 21.3 Å². The molecule has 0 radical (unpaired) electrons. The minimum Gasteiger partial charge on any atom is -0.383 e. The van der Waals surface area contributed by atoms with Gasteiger partial charge in [-0.1, -0.05) is 49.3 Å². The van der Waals surface area contributed by atoms with Crippen molar-refractivity contribution < 1.29 is 9.63 Å². The van der Waals surface area contributed by atoms with Crippen LogP contribution in [-0.2, 0) is 12.8 Å². The average molecular weight is 289 g/mol. The minimum absolute atomic E-state index is 0.153. The van der Waals surface area contributed by atoms with E-state index >= 15 is 0 Å². The fourth-order valence-corrected chi connectivity index (χ4v) is 2.11. The highest BCUT2D eigenvalue weighted by Crippen LogP contribution is 2.18. The zero-order valence-corrected chi connectivity index (χ0v) is 12.6. The Balaban J connectivity index is 1.86. The smallest absolute Gasteiger partial charge is 0.226 e. The molecule has 21 heavy (non-hydrogen) atoms. The van der Waals surface area contributed by atoms with Crippen LogP contribution in [0.1, 0.15) is 43.7 Å².